The predicted molar refractivity (Wildman–Crippen MR) is 69.2 cm³/mol. The van der Waals surface area contributed by atoms with Gasteiger partial charge >= 0.3 is 0 Å². The van der Waals surface area contributed by atoms with Gasteiger partial charge in [0.2, 0.25) is 0 Å². The van der Waals surface area contributed by atoms with Crippen LogP contribution in [0.4, 0.5) is 0 Å². The zero-order valence-electron chi connectivity index (χ0n) is 11.1. The van der Waals surface area contributed by atoms with Gasteiger partial charge in [0.05, 0.1) is 19.8 Å². The molecule has 0 aromatic heterocycles. The maximum absolute atomic E-state index is 5.56. The molecular formula is C12H27N3O2. The summed E-state index contributed by atoms with van der Waals surface area (Å²) < 4.78 is 10.5. The Kier molecular flexibility index (Phi) is 8.56. The van der Waals surface area contributed by atoms with Crippen molar-refractivity contribution in [1.82, 2.24) is 9.80 Å². The summed E-state index contributed by atoms with van der Waals surface area (Å²) in [5.41, 5.74) is 5.56. The van der Waals surface area contributed by atoms with Gasteiger partial charge in [-0.3, -0.25) is 9.80 Å². The van der Waals surface area contributed by atoms with Gasteiger partial charge in [0.15, 0.2) is 0 Å². The lowest BCUT2D eigenvalue weighted by molar-refractivity contribution is 0.0319. The van der Waals surface area contributed by atoms with Crippen molar-refractivity contribution in [2.75, 3.05) is 72.7 Å². The molecule has 2 N–H and O–H groups in total. The molecule has 1 heterocycles. The van der Waals surface area contributed by atoms with E-state index in [0.717, 1.165) is 72.1 Å². The first-order valence-corrected chi connectivity index (χ1v) is 6.58. The summed E-state index contributed by atoms with van der Waals surface area (Å²) in [6.07, 6.45) is 1.06. The molecule has 102 valence electrons. The summed E-state index contributed by atoms with van der Waals surface area (Å²) in [6, 6.07) is 0. The summed E-state index contributed by atoms with van der Waals surface area (Å²) in [7, 11) is 1.75. The molecule has 1 rings (SSSR count). The molecule has 0 spiro atoms. The van der Waals surface area contributed by atoms with Crippen LogP contribution in [0.15, 0.2) is 0 Å². The van der Waals surface area contributed by atoms with E-state index in [1.807, 2.05) is 0 Å². The van der Waals surface area contributed by atoms with Crippen LogP contribution >= 0.6 is 0 Å². The Labute approximate surface area is 105 Å². The number of methoxy groups -OCH3 is 1. The Morgan fingerprint density at radius 2 is 2.00 bits per heavy atom. The molecule has 0 aliphatic carbocycles. The van der Waals surface area contributed by atoms with E-state index in [-0.39, 0.29) is 0 Å². The lowest BCUT2D eigenvalue weighted by atomic mass is 10.3. The summed E-state index contributed by atoms with van der Waals surface area (Å²) in [5.74, 6) is 0. The SMILES string of the molecule is COCCN(CCCN)CCN1CCOCC1. The standard InChI is InChI=1S/C12H27N3O2/c1-16-10-7-14(4-2-3-13)5-6-15-8-11-17-12-9-15/h2-13H2,1H3. The van der Waals surface area contributed by atoms with Gasteiger partial charge in [-0.15, -0.1) is 0 Å². The number of morpholine rings is 1. The zero-order chi connectivity index (χ0) is 12.3. The number of hydrogen-bond acceptors (Lipinski definition) is 5. The molecule has 17 heavy (non-hydrogen) atoms. The van der Waals surface area contributed by atoms with Gasteiger partial charge in [-0.2, -0.15) is 0 Å². The van der Waals surface area contributed by atoms with Gasteiger partial charge in [0.1, 0.15) is 0 Å². The zero-order valence-corrected chi connectivity index (χ0v) is 11.1. The quantitative estimate of drug-likeness (QED) is 0.600. The van der Waals surface area contributed by atoms with Crippen LogP contribution in [0.1, 0.15) is 6.42 Å². The first-order valence-electron chi connectivity index (χ1n) is 6.58. The third kappa shape index (κ3) is 6.95. The number of nitrogens with zero attached hydrogens (tertiary/aromatic N) is 2. The second-order valence-corrected chi connectivity index (χ2v) is 4.43. The van der Waals surface area contributed by atoms with Crippen molar-refractivity contribution in [3.8, 4) is 0 Å². The van der Waals surface area contributed by atoms with Crippen molar-refractivity contribution in [2.45, 2.75) is 6.42 Å². The van der Waals surface area contributed by atoms with Crippen LogP contribution in [-0.4, -0.2) is 82.5 Å². The summed E-state index contributed by atoms with van der Waals surface area (Å²) in [6.45, 7) is 9.74. The van der Waals surface area contributed by atoms with E-state index in [2.05, 4.69) is 9.80 Å². The van der Waals surface area contributed by atoms with Crippen LogP contribution < -0.4 is 5.73 Å². The second-order valence-electron chi connectivity index (χ2n) is 4.43. The normalized spacial score (nSPS) is 17.8. The highest BCUT2D eigenvalue weighted by molar-refractivity contribution is 4.66. The average Bonchev–Trinajstić information content (AvgIpc) is 2.39. The van der Waals surface area contributed by atoms with Crippen molar-refractivity contribution in [3.05, 3.63) is 0 Å². The van der Waals surface area contributed by atoms with Gasteiger partial charge in [-0.25, -0.2) is 0 Å². The molecule has 0 amide bonds. The Balaban J connectivity index is 2.16. The minimum atomic E-state index is 0.765. The van der Waals surface area contributed by atoms with Gasteiger partial charge < -0.3 is 15.2 Å². The summed E-state index contributed by atoms with van der Waals surface area (Å²) in [5, 5.41) is 0. The molecule has 0 radical (unpaired) electrons. The van der Waals surface area contributed by atoms with E-state index in [4.69, 9.17) is 15.2 Å². The topological polar surface area (TPSA) is 51.0 Å². The van der Waals surface area contributed by atoms with Crippen LogP contribution in [0.2, 0.25) is 0 Å². The van der Waals surface area contributed by atoms with Gasteiger partial charge in [-0.1, -0.05) is 0 Å². The Hall–Kier alpha value is -0.200. The molecule has 0 aromatic rings. The number of hydrogen-bond donors (Lipinski definition) is 1. The molecule has 0 atom stereocenters. The Bertz CT molecular complexity index is 167. The second kappa shape index (κ2) is 9.79. The van der Waals surface area contributed by atoms with E-state index in [1.54, 1.807) is 7.11 Å². The molecule has 1 saturated heterocycles. The molecule has 0 aromatic carbocycles. The van der Waals surface area contributed by atoms with E-state index in [9.17, 15) is 0 Å². The van der Waals surface area contributed by atoms with E-state index in [0.29, 0.717) is 0 Å². The van der Waals surface area contributed by atoms with E-state index < -0.39 is 0 Å². The fourth-order valence-corrected chi connectivity index (χ4v) is 1.98. The average molecular weight is 245 g/mol. The monoisotopic (exact) mass is 245 g/mol. The number of rotatable bonds is 9. The minimum Gasteiger partial charge on any atom is -0.383 e. The number of nitrogens with two attached hydrogens (primary N) is 1. The van der Waals surface area contributed by atoms with Crippen molar-refractivity contribution in [2.24, 2.45) is 5.73 Å². The van der Waals surface area contributed by atoms with Crippen molar-refractivity contribution >= 4 is 0 Å². The molecule has 5 heteroatoms. The first-order chi connectivity index (χ1) is 8.36. The largest absolute Gasteiger partial charge is 0.383 e. The highest BCUT2D eigenvalue weighted by atomic mass is 16.5. The highest BCUT2D eigenvalue weighted by Gasteiger charge is 2.11. The molecule has 0 saturated carbocycles. The third-order valence-corrected chi connectivity index (χ3v) is 3.13. The van der Waals surface area contributed by atoms with E-state index >= 15 is 0 Å². The van der Waals surface area contributed by atoms with Crippen molar-refractivity contribution < 1.29 is 9.47 Å². The first kappa shape index (κ1) is 14.9. The maximum atomic E-state index is 5.56. The Morgan fingerprint density at radius 3 is 2.65 bits per heavy atom. The Morgan fingerprint density at radius 1 is 1.24 bits per heavy atom. The van der Waals surface area contributed by atoms with Crippen LogP contribution in [0.25, 0.3) is 0 Å². The number of ether oxygens (including phenoxy) is 2. The maximum Gasteiger partial charge on any atom is 0.0594 e. The van der Waals surface area contributed by atoms with Crippen molar-refractivity contribution in [3.63, 3.8) is 0 Å². The predicted octanol–water partition coefficient (Wildman–Crippen LogP) is -0.384. The fourth-order valence-electron chi connectivity index (χ4n) is 1.98. The molecule has 1 aliphatic heterocycles. The van der Waals surface area contributed by atoms with Gasteiger partial charge in [0, 0.05) is 39.8 Å². The molecule has 0 bridgehead atoms. The molecular weight excluding hydrogens is 218 g/mol. The minimum absolute atomic E-state index is 0.765. The summed E-state index contributed by atoms with van der Waals surface area (Å²) >= 11 is 0. The molecule has 5 nitrogen and oxygen atoms in total. The molecule has 1 aliphatic rings. The molecule has 0 unspecified atom stereocenters. The smallest absolute Gasteiger partial charge is 0.0594 e. The van der Waals surface area contributed by atoms with Gasteiger partial charge in [-0.05, 0) is 19.5 Å². The van der Waals surface area contributed by atoms with Crippen LogP contribution in [0, 0.1) is 0 Å². The lowest BCUT2D eigenvalue weighted by Gasteiger charge is -2.30. The summed E-state index contributed by atoms with van der Waals surface area (Å²) in [4.78, 5) is 4.90. The van der Waals surface area contributed by atoms with Crippen molar-refractivity contribution in [1.29, 1.82) is 0 Å². The fraction of sp³-hybridized carbons (Fsp3) is 1.00. The lowest BCUT2D eigenvalue weighted by Crippen LogP contribution is -2.42. The van der Waals surface area contributed by atoms with Crippen LogP contribution in [0.5, 0.6) is 0 Å². The van der Waals surface area contributed by atoms with Crippen LogP contribution in [-0.2, 0) is 9.47 Å². The van der Waals surface area contributed by atoms with Gasteiger partial charge in [0.25, 0.3) is 0 Å². The third-order valence-electron chi connectivity index (χ3n) is 3.13. The molecule has 1 fully saturated rings. The van der Waals surface area contributed by atoms with Crippen LogP contribution in [0.3, 0.4) is 0 Å². The highest BCUT2D eigenvalue weighted by Crippen LogP contribution is 1.98. The van der Waals surface area contributed by atoms with E-state index in [1.165, 1.54) is 0 Å².